The molecule has 0 aliphatic carbocycles. The molecular weight excluding hydrogens is 309 g/mol. The van der Waals surface area contributed by atoms with Crippen molar-refractivity contribution < 1.29 is 23.1 Å². The number of nitrogens with one attached hydrogen (secondary N) is 2. The molecule has 130 valence electrons. The van der Waals surface area contributed by atoms with Crippen molar-refractivity contribution in [2.45, 2.75) is 39.7 Å². The number of hydrogen-bond acceptors (Lipinski definition) is 2. The van der Waals surface area contributed by atoms with Crippen LogP contribution in [0.3, 0.4) is 0 Å². The third-order valence-electron chi connectivity index (χ3n) is 3.32. The Balaban J connectivity index is 2.37. The standard InChI is InChI=1S/C16H23F3N2O2/c1-10(22)8-16(2,3)9-21-15(23)20-5-4-11-6-12(17)14(19)13(18)7-11/h6-7,10,22H,4-5,8-9H2,1-3H3,(H2,20,21,23). The van der Waals surface area contributed by atoms with Crippen molar-refractivity contribution in [3.05, 3.63) is 35.1 Å². The Morgan fingerprint density at radius 3 is 2.30 bits per heavy atom. The lowest BCUT2D eigenvalue weighted by Gasteiger charge is -2.26. The fraction of sp³-hybridized carbons (Fsp3) is 0.562. The van der Waals surface area contributed by atoms with Crippen molar-refractivity contribution >= 4 is 6.03 Å². The highest BCUT2D eigenvalue weighted by molar-refractivity contribution is 5.73. The Hall–Kier alpha value is -1.76. The van der Waals surface area contributed by atoms with Crippen molar-refractivity contribution in [1.82, 2.24) is 10.6 Å². The van der Waals surface area contributed by atoms with Crippen LogP contribution in [0.1, 0.15) is 32.8 Å². The summed E-state index contributed by atoms with van der Waals surface area (Å²) in [6.07, 6.45) is 0.262. The number of halogens is 3. The number of aliphatic hydroxyl groups is 1. The van der Waals surface area contributed by atoms with Crippen molar-refractivity contribution in [3.8, 4) is 0 Å². The molecular formula is C16H23F3N2O2. The van der Waals surface area contributed by atoms with Crippen LogP contribution in [0.4, 0.5) is 18.0 Å². The second kappa shape index (κ2) is 8.19. The fourth-order valence-electron chi connectivity index (χ4n) is 2.33. The maximum atomic E-state index is 13.0. The van der Waals surface area contributed by atoms with Crippen molar-refractivity contribution in [2.24, 2.45) is 5.41 Å². The zero-order valence-electron chi connectivity index (χ0n) is 13.5. The number of carbonyl (C=O) groups excluding carboxylic acids is 1. The van der Waals surface area contributed by atoms with Crippen LogP contribution in [0.15, 0.2) is 12.1 Å². The van der Waals surface area contributed by atoms with Crippen LogP contribution in [0.2, 0.25) is 0 Å². The van der Waals surface area contributed by atoms with E-state index in [0.29, 0.717) is 13.0 Å². The fourth-order valence-corrected chi connectivity index (χ4v) is 2.33. The first-order valence-corrected chi connectivity index (χ1v) is 7.44. The molecule has 1 aromatic carbocycles. The van der Waals surface area contributed by atoms with Gasteiger partial charge in [0.25, 0.3) is 0 Å². The zero-order chi connectivity index (χ0) is 17.6. The predicted octanol–water partition coefficient (Wildman–Crippen LogP) is 2.74. The lowest BCUT2D eigenvalue weighted by Crippen LogP contribution is -2.42. The van der Waals surface area contributed by atoms with Gasteiger partial charge in [-0.1, -0.05) is 13.8 Å². The summed E-state index contributed by atoms with van der Waals surface area (Å²) in [6.45, 7) is 6.06. The highest BCUT2D eigenvalue weighted by Crippen LogP contribution is 2.20. The lowest BCUT2D eigenvalue weighted by molar-refractivity contribution is 0.129. The van der Waals surface area contributed by atoms with Crippen LogP contribution in [-0.2, 0) is 6.42 Å². The van der Waals surface area contributed by atoms with Crippen LogP contribution in [0.5, 0.6) is 0 Å². The van der Waals surface area contributed by atoms with Crippen molar-refractivity contribution in [3.63, 3.8) is 0 Å². The van der Waals surface area contributed by atoms with E-state index in [-0.39, 0.29) is 23.9 Å². The number of aliphatic hydroxyl groups excluding tert-OH is 1. The van der Waals surface area contributed by atoms with E-state index in [9.17, 15) is 23.1 Å². The van der Waals surface area contributed by atoms with Gasteiger partial charge in [-0.2, -0.15) is 0 Å². The van der Waals surface area contributed by atoms with Gasteiger partial charge in [-0.05, 0) is 42.9 Å². The van der Waals surface area contributed by atoms with Crippen LogP contribution in [-0.4, -0.2) is 30.3 Å². The minimum Gasteiger partial charge on any atom is -0.393 e. The summed E-state index contributed by atoms with van der Waals surface area (Å²) in [5, 5.41) is 14.6. The Kier molecular flexibility index (Phi) is 6.87. The van der Waals surface area contributed by atoms with Gasteiger partial charge in [0.2, 0.25) is 0 Å². The molecule has 0 spiro atoms. The largest absolute Gasteiger partial charge is 0.393 e. The quantitative estimate of drug-likeness (QED) is 0.673. The maximum Gasteiger partial charge on any atom is 0.314 e. The summed E-state index contributed by atoms with van der Waals surface area (Å²) in [5.41, 5.74) is 0.00507. The van der Waals surface area contributed by atoms with E-state index < -0.39 is 29.6 Å². The van der Waals surface area contributed by atoms with Crippen molar-refractivity contribution in [2.75, 3.05) is 13.1 Å². The highest BCUT2D eigenvalue weighted by atomic mass is 19.2. The van der Waals surface area contributed by atoms with Crippen molar-refractivity contribution in [1.29, 1.82) is 0 Å². The minimum atomic E-state index is -1.50. The second-order valence-electron chi connectivity index (χ2n) is 6.45. The first-order valence-electron chi connectivity index (χ1n) is 7.44. The molecule has 0 fully saturated rings. The van der Waals surface area contributed by atoms with Gasteiger partial charge in [-0.3, -0.25) is 0 Å². The molecule has 0 aromatic heterocycles. The monoisotopic (exact) mass is 332 g/mol. The van der Waals surface area contributed by atoms with Gasteiger partial charge < -0.3 is 15.7 Å². The number of urea groups is 1. The first kappa shape index (κ1) is 19.3. The van der Waals surface area contributed by atoms with E-state index in [4.69, 9.17) is 0 Å². The number of benzene rings is 1. The predicted molar refractivity (Wildman–Crippen MR) is 81.5 cm³/mol. The Morgan fingerprint density at radius 2 is 1.78 bits per heavy atom. The molecule has 0 saturated carbocycles. The average Bonchev–Trinajstić information content (AvgIpc) is 2.41. The van der Waals surface area contributed by atoms with Gasteiger partial charge in [0, 0.05) is 13.1 Å². The molecule has 1 atom stereocenters. The van der Waals surface area contributed by atoms with Gasteiger partial charge in [0.05, 0.1) is 6.10 Å². The van der Waals surface area contributed by atoms with E-state index >= 15 is 0 Å². The molecule has 1 rings (SSSR count). The molecule has 0 bridgehead atoms. The molecule has 0 radical (unpaired) electrons. The van der Waals surface area contributed by atoms with Gasteiger partial charge in [-0.15, -0.1) is 0 Å². The Morgan fingerprint density at radius 1 is 1.22 bits per heavy atom. The third-order valence-corrected chi connectivity index (χ3v) is 3.32. The lowest BCUT2D eigenvalue weighted by atomic mass is 9.87. The molecule has 7 heteroatoms. The SMILES string of the molecule is CC(O)CC(C)(C)CNC(=O)NCCc1cc(F)c(F)c(F)c1. The molecule has 0 aliphatic rings. The van der Waals surface area contributed by atoms with Crippen LogP contribution >= 0.6 is 0 Å². The van der Waals surface area contributed by atoms with Gasteiger partial charge in [0.15, 0.2) is 17.5 Å². The van der Waals surface area contributed by atoms with Crippen LogP contribution in [0.25, 0.3) is 0 Å². The summed E-state index contributed by atoms with van der Waals surface area (Å²) < 4.78 is 38.9. The maximum absolute atomic E-state index is 13.0. The topological polar surface area (TPSA) is 61.4 Å². The second-order valence-corrected chi connectivity index (χ2v) is 6.45. The number of amides is 2. The van der Waals surface area contributed by atoms with Gasteiger partial charge in [0.1, 0.15) is 0 Å². The Bertz CT molecular complexity index is 525. The van der Waals surface area contributed by atoms with Crippen LogP contribution in [0, 0.1) is 22.9 Å². The molecule has 0 aliphatic heterocycles. The summed E-state index contributed by atoms with van der Waals surface area (Å²) in [6, 6.07) is 1.40. The summed E-state index contributed by atoms with van der Waals surface area (Å²) >= 11 is 0. The molecule has 0 heterocycles. The molecule has 3 N–H and O–H groups in total. The molecule has 1 aromatic rings. The highest BCUT2D eigenvalue weighted by Gasteiger charge is 2.21. The normalized spacial score (nSPS) is 12.8. The summed E-state index contributed by atoms with van der Waals surface area (Å²) in [4.78, 5) is 11.7. The van der Waals surface area contributed by atoms with Gasteiger partial charge >= 0.3 is 6.03 Å². The van der Waals surface area contributed by atoms with E-state index in [1.807, 2.05) is 13.8 Å². The van der Waals surface area contributed by atoms with Crippen LogP contribution < -0.4 is 10.6 Å². The number of rotatable bonds is 7. The minimum absolute atomic E-state index is 0.160. The smallest absolute Gasteiger partial charge is 0.314 e. The number of carbonyl (C=O) groups is 1. The van der Waals surface area contributed by atoms with E-state index in [2.05, 4.69) is 10.6 Å². The Labute approximate surface area is 134 Å². The van der Waals surface area contributed by atoms with E-state index in [1.165, 1.54) is 0 Å². The average molecular weight is 332 g/mol. The molecule has 1 unspecified atom stereocenters. The molecule has 4 nitrogen and oxygen atoms in total. The molecule has 2 amide bonds. The number of hydrogen-bond donors (Lipinski definition) is 3. The third kappa shape index (κ3) is 6.90. The first-order chi connectivity index (χ1) is 10.6. The van der Waals surface area contributed by atoms with E-state index in [1.54, 1.807) is 6.92 Å². The summed E-state index contributed by atoms with van der Waals surface area (Å²) in [7, 11) is 0. The van der Waals surface area contributed by atoms with E-state index in [0.717, 1.165) is 12.1 Å². The summed E-state index contributed by atoms with van der Waals surface area (Å²) in [5.74, 6) is -3.99. The molecule has 23 heavy (non-hydrogen) atoms. The molecule has 0 saturated heterocycles. The zero-order valence-corrected chi connectivity index (χ0v) is 13.5. The van der Waals surface area contributed by atoms with Gasteiger partial charge in [-0.25, -0.2) is 18.0 Å².